The lowest BCUT2D eigenvalue weighted by atomic mass is 10.1. The Bertz CT molecular complexity index is 1470. The molecule has 0 saturated carbocycles. The predicted molar refractivity (Wildman–Crippen MR) is 297 cm³/mol. The smallest absolute Gasteiger partial charge is 0.306 e. The van der Waals surface area contributed by atoms with Crippen LogP contribution in [0.2, 0.25) is 0 Å². The fourth-order valence-electron chi connectivity index (χ4n) is 7.32. The van der Waals surface area contributed by atoms with Crippen LogP contribution in [-0.4, -0.2) is 37.2 Å². The Morgan fingerprint density at radius 3 is 0.899 bits per heavy atom. The van der Waals surface area contributed by atoms with Crippen molar-refractivity contribution in [3.8, 4) is 0 Å². The van der Waals surface area contributed by atoms with E-state index in [0.717, 1.165) is 148 Å². The molecule has 1 unspecified atom stereocenters. The monoisotopic (exact) mass is 955 g/mol. The number of carbonyl (C=O) groups is 3. The van der Waals surface area contributed by atoms with Gasteiger partial charge in [-0.25, -0.2) is 0 Å². The van der Waals surface area contributed by atoms with Crippen molar-refractivity contribution < 1.29 is 28.6 Å². The standard InChI is InChI=1S/C63H102O6/c1-4-7-10-13-16-19-22-24-26-28-30-31-33-34-36-38-41-44-47-50-53-56-62(65)68-59-60(58-67-61(64)55-52-49-46-43-40-21-18-15-12-9-6-3)69-63(66)57-54-51-48-45-42-39-37-35-32-29-27-25-23-20-17-14-11-8-5-2/h7-8,10-11,16-17,19-20,24-27,30-32,34-36,39,42,60H,4-6,9,12-15,18,21-23,28-29,33,37-38,40-41,43-59H2,1-3H3/b10-7-,11-8-,19-16-,20-17-,26-24-,27-25-,31-30-,35-32-,36-34-,42-39-. The van der Waals surface area contributed by atoms with Crippen LogP contribution in [0.5, 0.6) is 0 Å². The highest BCUT2D eigenvalue weighted by molar-refractivity contribution is 5.71. The van der Waals surface area contributed by atoms with Crippen LogP contribution in [0.25, 0.3) is 0 Å². The molecule has 390 valence electrons. The van der Waals surface area contributed by atoms with E-state index < -0.39 is 6.10 Å². The summed E-state index contributed by atoms with van der Waals surface area (Å²) in [7, 11) is 0. The molecule has 1 atom stereocenters. The van der Waals surface area contributed by atoms with Crippen molar-refractivity contribution >= 4 is 17.9 Å². The van der Waals surface area contributed by atoms with Crippen LogP contribution in [0.1, 0.15) is 239 Å². The molecule has 0 N–H and O–H groups in total. The molecule has 0 saturated heterocycles. The average Bonchev–Trinajstić information content (AvgIpc) is 3.35. The zero-order valence-electron chi connectivity index (χ0n) is 44.5. The van der Waals surface area contributed by atoms with Crippen molar-refractivity contribution in [2.45, 2.75) is 245 Å². The molecule has 0 aliphatic carbocycles. The molecule has 0 aliphatic heterocycles. The molecule has 0 amide bonds. The zero-order valence-corrected chi connectivity index (χ0v) is 44.5. The molecule has 0 fully saturated rings. The molecule has 0 heterocycles. The number of unbranched alkanes of at least 4 members (excludes halogenated alkanes) is 18. The van der Waals surface area contributed by atoms with E-state index in [0.29, 0.717) is 12.8 Å². The van der Waals surface area contributed by atoms with Gasteiger partial charge in [0.25, 0.3) is 0 Å². The second-order valence-corrected chi connectivity index (χ2v) is 18.1. The van der Waals surface area contributed by atoms with Gasteiger partial charge in [-0.1, -0.05) is 232 Å². The first kappa shape index (κ1) is 64.8. The van der Waals surface area contributed by atoms with Gasteiger partial charge in [0.15, 0.2) is 6.10 Å². The van der Waals surface area contributed by atoms with Gasteiger partial charge in [0, 0.05) is 19.3 Å². The summed E-state index contributed by atoms with van der Waals surface area (Å²) in [5.74, 6) is -0.955. The fraction of sp³-hybridized carbons (Fsp3) is 0.635. The Morgan fingerprint density at radius 1 is 0.304 bits per heavy atom. The summed E-state index contributed by atoms with van der Waals surface area (Å²) in [6.45, 7) is 6.35. The maximum atomic E-state index is 12.8. The van der Waals surface area contributed by atoms with E-state index in [4.69, 9.17) is 14.2 Å². The van der Waals surface area contributed by atoms with E-state index in [1.54, 1.807) is 0 Å². The summed E-state index contributed by atoms with van der Waals surface area (Å²) in [4.78, 5) is 38.1. The first-order valence-electron chi connectivity index (χ1n) is 28.0. The van der Waals surface area contributed by atoms with E-state index in [-0.39, 0.29) is 37.5 Å². The number of allylic oxidation sites excluding steroid dienone is 20. The van der Waals surface area contributed by atoms with E-state index in [2.05, 4.69) is 142 Å². The third-order valence-corrected chi connectivity index (χ3v) is 11.5. The number of hydrogen-bond acceptors (Lipinski definition) is 6. The van der Waals surface area contributed by atoms with Gasteiger partial charge < -0.3 is 14.2 Å². The van der Waals surface area contributed by atoms with Crippen molar-refractivity contribution in [1.82, 2.24) is 0 Å². The van der Waals surface area contributed by atoms with Gasteiger partial charge in [-0.15, -0.1) is 0 Å². The van der Waals surface area contributed by atoms with Crippen LogP contribution >= 0.6 is 0 Å². The number of rotatable bonds is 49. The molecule has 0 aromatic heterocycles. The first-order valence-corrected chi connectivity index (χ1v) is 28.0. The average molecular weight is 956 g/mol. The lowest BCUT2D eigenvalue weighted by molar-refractivity contribution is -0.167. The van der Waals surface area contributed by atoms with Crippen molar-refractivity contribution in [3.05, 3.63) is 122 Å². The Morgan fingerprint density at radius 2 is 0.565 bits per heavy atom. The maximum Gasteiger partial charge on any atom is 0.306 e. The van der Waals surface area contributed by atoms with Crippen LogP contribution in [-0.2, 0) is 28.6 Å². The zero-order chi connectivity index (χ0) is 50.0. The molecule has 69 heavy (non-hydrogen) atoms. The minimum absolute atomic E-state index is 0.0994. The Labute approximate surface area is 424 Å². The highest BCUT2D eigenvalue weighted by Crippen LogP contribution is 2.14. The topological polar surface area (TPSA) is 78.9 Å². The van der Waals surface area contributed by atoms with E-state index >= 15 is 0 Å². The molecule has 0 bridgehead atoms. The van der Waals surface area contributed by atoms with Gasteiger partial charge in [-0.05, 0) is 109 Å². The normalized spacial score (nSPS) is 13.0. The largest absolute Gasteiger partial charge is 0.462 e. The second-order valence-electron chi connectivity index (χ2n) is 18.1. The third-order valence-electron chi connectivity index (χ3n) is 11.5. The Balaban J connectivity index is 4.46. The van der Waals surface area contributed by atoms with Crippen LogP contribution < -0.4 is 0 Å². The fourth-order valence-corrected chi connectivity index (χ4v) is 7.32. The highest BCUT2D eigenvalue weighted by Gasteiger charge is 2.19. The van der Waals surface area contributed by atoms with Crippen LogP contribution in [0.4, 0.5) is 0 Å². The van der Waals surface area contributed by atoms with Crippen LogP contribution in [0, 0.1) is 0 Å². The lowest BCUT2D eigenvalue weighted by Crippen LogP contribution is -2.30. The second kappa shape index (κ2) is 56.4. The molecular weight excluding hydrogens is 853 g/mol. The first-order chi connectivity index (χ1) is 34.0. The van der Waals surface area contributed by atoms with Crippen molar-refractivity contribution in [2.24, 2.45) is 0 Å². The summed E-state index contributed by atoms with van der Waals surface area (Å²) >= 11 is 0. The third kappa shape index (κ3) is 54.6. The van der Waals surface area contributed by atoms with Gasteiger partial charge in [0.2, 0.25) is 0 Å². The Hall–Kier alpha value is -4.19. The summed E-state index contributed by atoms with van der Waals surface area (Å²) in [6.07, 6.45) is 77.5. The van der Waals surface area contributed by atoms with Gasteiger partial charge in [0.05, 0.1) is 0 Å². The molecule has 0 aromatic rings. The summed E-state index contributed by atoms with van der Waals surface area (Å²) in [5.41, 5.74) is 0. The molecule has 0 aromatic carbocycles. The van der Waals surface area contributed by atoms with E-state index in [1.165, 1.54) is 51.4 Å². The summed E-state index contributed by atoms with van der Waals surface area (Å²) < 4.78 is 16.8. The molecule has 6 nitrogen and oxygen atoms in total. The van der Waals surface area contributed by atoms with E-state index in [9.17, 15) is 14.4 Å². The number of hydrogen-bond donors (Lipinski definition) is 0. The maximum absolute atomic E-state index is 12.8. The van der Waals surface area contributed by atoms with Crippen molar-refractivity contribution in [3.63, 3.8) is 0 Å². The quantitative estimate of drug-likeness (QED) is 0.0262. The molecule has 0 spiro atoms. The van der Waals surface area contributed by atoms with Crippen molar-refractivity contribution in [1.29, 1.82) is 0 Å². The highest BCUT2D eigenvalue weighted by atomic mass is 16.6. The number of carbonyl (C=O) groups excluding carboxylic acids is 3. The molecule has 6 heteroatoms. The van der Waals surface area contributed by atoms with Crippen molar-refractivity contribution in [2.75, 3.05) is 13.2 Å². The molecule has 0 radical (unpaired) electrons. The lowest BCUT2D eigenvalue weighted by Gasteiger charge is -2.18. The molecule has 0 rings (SSSR count). The summed E-state index contributed by atoms with van der Waals surface area (Å²) in [6, 6.07) is 0. The molecular formula is C63H102O6. The summed E-state index contributed by atoms with van der Waals surface area (Å²) in [5, 5.41) is 0. The number of esters is 3. The van der Waals surface area contributed by atoms with Gasteiger partial charge >= 0.3 is 17.9 Å². The van der Waals surface area contributed by atoms with Gasteiger partial charge in [-0.2, -0.15) is 0 Å². The molecule has 0 aliphatic rings. The minimum Gasteiger partial charge on any atom is -0.462 e. The van der Waals surface area contributed by atoms with Gasteiger partial charge in [-0.3, -0.25) is 14.4 Å². The Kier molecular flexibility index (Phi) is 53.0. The van der Waals surface area contributed by atoms with E-state index in [1.807, 2.05) is 0 Å². The number of ether oxygens (including phenoxy) is 3. The minimum atomic E-state index is -0.806. The van der Waals surface area contributed by atoms with Crippen LogP contribution in [0.15, 0.2) is 122 Å². The predicted octanol–water partition coefficient (Wildman–Crippen LogP) is 18.9. The van der Waals surface area contributed by atoms with Gasteiger partial charge in [0.1, 0.15) is 13.2 Å². The SMILES string of the molecule is CC/C=C\C/C=C\C/C=C\C/C=C\C/C=C\CCCCCCCC(=O)OCC(COC(=O)CCCCCCCCCCCCC)OC(=O)CCCCC/C=C\C/C=C\C/C=C\C/C=C\C/C=C\CC. The van der Waals surface area contributed by atoms with Crippen LogP contribution in [0.3, 0.4) is 0 Å².